The minimum absolute atomic E-state index is 0.135. The molecule has 1 aromatic carbocycles. The first-order chi connectivity index (χ1) is 16.9. The number of hydrogen-bond donors (Lipinski definition) is 4. The minimum atomic E-state index is -4.62. The van der Waals surface area contributed by atoms with E-state index in [1.807, 2.05) is 0 Å². The minimum Gasteiger partial charge on any atom is -0.356 e. The van der Waals surface area contributed by atoms with Crippen molar-refractivity contribution in [2.45, 2.75) is 38.9 Å². The Bertz CT molecular complexity index is 1090. The van der Waals surface area contributed by atoms with Gasteiger partial charge < -0.3 is 15.5 Å². The van der Waals surface area contributed by atoms with Crippen LogP contribution in [0.25, 0.3) is 0 Å². The molecular weight excluding hydrogens is 509 g/mol. The van der Waals surface area contributed by atoms with Crippen molar-refractivity contribution in [2.24, 2.45) is 5.92 Å². The monoisotopic (exact) mass is 535 g/mol. The number of carbonyl (C=O) groups excluding carboxylic acids is 1. The molecule has 0 saturated carbocycles. The van der Waals surface area contributed by atoms with E-state index < -0.39 is 40.8 Å². The zero-order chi connectivity index (χ0) is 26.5. The molecule has 1 saturated heterocycles. The number of piperidine rings is 1. The number of alkyl halides is 3. The van der Waals surface area contributed by atoms with Crippen LogP contribution < -0.4 is 20.3 Å². The van der Waals surface area contributed by atoms with Gasteiger partial charge in [-0.2, -0.15) is 13.2 Å². The summed E-state index contributed by atoms with van der Waals surface area (Å²) in [6.07, 6.45) is -3.22. The molecule has 198 valence electrons. The van der Waals surface area contributed by atoms with Crippen LogP contribution in [0.4, 0.5) is 38.3 Å². The fourth-order valence-electron chi connectivity index (χ4n) is 3.80. The van der Waals surface area contributed by atoms with Gasteiger partial charge in [0.05, 0.1) is 0 Å². The Morgan fingerprint density at radius 2 is 1.83 bits per heavy atom. The van der Waals surface area contributed by atoms with E-state index in [-0.39, 0.29) is 36.6 Å². The third kappa shape index (κ3) is 7.58. The smallest absolute Gasteiger partial charge is 0.356 e. The highest BCUT2D eigenvalue weighted by atomic mass is 32.2. The van der Waals surface area contributed by atoms with E-state index in [0.717, 1.165) is 31.0 Å². The lowest BCUT2D eigenvalue weighted by atomic mass is 9.99. The third-order valence-corrected chi connectivity index (χ3v) is 6.22. The van der Waals surface area contributed by atoms with E-state index in [1.165, 1.54) is 6.07 Å². The molecule has 1 atom stereocenters. The van der Waals surface area contributed by atoms with Crippen LogP contribution in [-0.2, 0) is 30.4 Å². The van der Waals surface area contributed by atoms with Crippen LogP contribution in [0.15, 0.2) is 24.3 Å². The summed E-state index contributed by atoms with van der Waals surface area (Å²) < 4.78 is 89.6. The van der Waals surface area contributed by atoms with Gasteiger partial charge in [0.1, 0.15) is 23.1 Å². The highest BCUT2D eigenvalue weighted by Gasteiger charge is 2.34. The fourth-order valence-corrected chi connectivity index (χ4v) is 4.07. The number of nitrogens with zero attached hydrogens (tertiary/aromatic N) is 2. The molecule has 0 bridgehead atoms. The second kappa shape index (κ2) is 11.9. The lowest BCUT2D eigenvalue weighted by molar-refractivity contribution is -0.141. The normalized spacial score (nSPS) is 15.6. The summed E-state index contributed by atoms with van der Waals surface area (Å²) >= 11 is -2.32. The first-order valence-electron chi connectivity index (χ1n) is 11.1. The Morgan fingerprint density at radius 1 is 1.19 bits per heavy atom. The van der Waals surface area contributed by atoms with Crippen molar-refractivity contribution < 1.29 is 35.5 Å². The summed E-state index contributed by atoms with van der Waals surface area (Å²) in [5.41, 5.74) is -1.17. The van der Waals surface area contributed by atoms with Gasteiger partial charge >= 0.3 is 12.2 Å². The second-order valence-electron chi connectivity index (χ2n) is 8.47. The van der Waals surface area contributed by atoms with Crippen LogP contribution in [-0.4, -0.2) is 39.4 Å². The maximum Gasteiger partial charge on any atom is 0.433 e. The average Bonchev–Trinajstić information content (AvgIpc) is 2.79. The number of halogens is 5. The van der Waals surface area contributed by atoms with Crippen molar-refractivity contribution >= 4 is 28.8 Å². The predicted molar refractivity (Wildman–Crippen MR) is 125 cm³/mol. The highest BCUT2D eigenvalue weighted by molar-refractivity contribution is 7.77. The summed E-state index contributed by atoms with van der Waals surface area (Å²) in [4.78, 5) is 17.9. The van der Waals surface area contributed by atoms with Gasteiger partial charge in [-0.05, 0) is 43.4 Å². The molecule has 8 nitrogen and oxygen atoms in total. The van der Waals surface area contributed by atoms with E-state index >= 15 is 0 Å². The maximum atomic E-state index is 14.3. The number of benzene rings is 1. The van der Waals surface area contributed by atoms with Gasteiger partial charge in [0, 0.05) is 43.0 Å². The van der Waals surface area contributed by atoms with Crippen molar-refractivity contribution in [3.63, 3.8) is 0 Å². The fraction of sp³-hybridized carbons (Fsp3) is 0.455. The molecule has 2 heterocycles. The molecule has 0 spiro atoms. The molecule has 14 heteroatoms. The van der Waals surface area contributed by atoms with Crippen LogP contribution in [0.1, 0.15) is 36.6 Å². The summed E-state index contributed by atoms with van der Waals surface area (Å²) in [6, 6.07) is 3.07. The molecule has 0 radical (unpaired) electrons. The zero-order valence-electron chi connectivity index (χ0n) is 19.3. The SMILES string of the molecule is CC1CCN(c2nc(C(F)(F)F)ccc2CNC(=O)Nc2cc(F)c(CCNS(=O)O)c(F)c2)CC1. The standard InChI is InChI=1S/C22H26F5N5O3S/c1-13-5-8-32(9-6-13)20-14(2-3-19(31-20)22(25,26)27)12-28-21(33)30-15-10-17(23)16(18(24)11-15)4-7-29-36(34)35/h2-3,10-11,13,29H,4-9,12H2,1H3,(H,34,35)(H2,28,30,33). The number of amides is 2. The van der Waals surface area contributed by atoms with Crippen molar-refractivity contribution in [2.75, 3.05) is 29.9 Å². The van der Waals surface area contributed by atoms with Crippen LogP contribution >= 0.6 is 0 Å². The topological polar surface area (TPSA) is 107 Å². The van der Waals surface area contributed by atoms with E-state index in [2.05, 4.69) is 27.3 Å². The average molecular weight is 536 g/mol. The number of anilines is 2. The van der Waals surface area contributed by atoms with Crippen molar-refractivity contribution in [3.8, 4) is 0 Å². The van der Waals surface area contributed by atoms with Crippen LogP contribution in [0.2, 0.25) is 0 Å². The molecule has 2 amide bonds. The summed E-state index contributed by atoms with van der Waals surface area (Å²) in [5.74, 6) is -1.33. The molecule has 4 N–H and O–H groups in total. The van der Waals surface area contributed by atoms with E-state index in [9.17, 15) is 31.0 Å². The van der Waals surface area contributed by atoms with E-state index in [1.54, 1.807) is 4.90 Å². The second-order valence-corrected chi connectivity index (χ2v) is 9.25. The van der Waals surface area contributed by atoms with Gasteiger partial charge in [-0.25, -0.2) is 27.5 Å². The maximum absolute atomic E-state index is 14.3. The molecule has 3 rings (SSSR count). The van der Waals surface area contributed by atoms with Crippen LogP contribution in [0.5, 0.6) is 0 Å². The molecule has 1 aliphatic heterocycles. The molecule has 1 aromatic heterocycles. The first-order valence-corrected chi connectivity index (χ1v) is 12.2. The third-order valence-electron chi connectivity index (χ3n) is 5.77. The number of nitrogens with one attached hydrogen (secondary N) is 3. The number of aromatic nitrogens is 1. The van der Waals surface area contributed by atoms with E-state index in [0.29, 0.717) is 24.6 Å². The van der Waals surface area contributed by atoms with Gasteiger partial charge in [0.25, 0.3) is 0 Å². The van der Waals surface area contributed by atoms with E-state index in [4.69, 9.17) is 4.55 Å². The Morgan fingerprint density at radius 3 is 2.42 bits per heavy atom. The first kappa shape index (κ1) is 27.7. The number of urea groups is 1. The molecule has 36 heavy (non-hydrogen) atoms. The Kier molecular flexibility index (Phi) is 9.19. The van der Waals surface area contributed by atoms with Crippen LogP contribution in [0.3, 0.4) is 0 Å². The lowest BCUT2D eigenvalue weighted by Gasteiger charge is -2.33. The Hall–Kier alpha value is -2.84. The summed E-state index contributed by atoms with van der Waals surface area (Å²) in [6.45, 7) is 2.82. The number of carbonyl (C=O) groups is 1. The number of rotatable bonds is 8. The summed E-state index contributed by atoms with van der Waals surface area (Å²) in [5, 5.41) is 4.77. The van der Waals surface area contributed by atoms with Crippen molar-refractivity contribution in [1.29, 1.82) is 0 Å². The largest absolute Gasteiger partial charge is 0.433 e. The Labute approximate surface area is 207 Å². The van der Waals surface area contributed by atoms with Crippen LogP contribution in [0, 0.1) is 17.6 Å². The molecular formula is C22H26F5N5O3S. The van der Waals surface area contributed by atoms with Gasteiger partial charge in [-0.1, -0.05) is 13.0 Å². The highest BCUT2D eigenvalue weighted by Crippen LogP contribution is 2.32. The Balaban J connectivity index is 1.68. The van der Waals surface area contributed by atoms with Gasteiger partial charge in [0.15, 0.2) is 0 Å². The quantitative estimate of drug-likeness (QED) is 0.300. The number of hydrogen-bond acceptors (Lipinski definition) is 4. The zero-order valence-corrected chi connectivity index (χ0v) is 20.1. The molecule has 0 aliphatic carbocycles. The van der Waals surface area contributed by atoms with Crippen molar-refractivity contribution in [3.05, 3.63) is 52.7 Å². The van der Waals surface area contributed by atoms with Crippen molar-refractivity contribution in [1.82, 2.24) is 15.0 Å². The van der Waals surface area contributed by atoms with Gasteiger partial charge in [-0.3, -0.25) is 4.55 Å². The van der Waals surface area contributed by atoms with Gasteiger partial charge in [-0.15, -0.1) is 0 Å². The lowest BCUT2D eigenvalue weighted by Crippen LogP contribution is -2.35. The predicted octanol–water partition coefficient (Wildman–Crippen LogP) is 4.21. The molecule has 1 unspecified atom stereocenters. The number of pyridine rings is 1. The van der Waals surface area contributed by atoms with Gasteiger partial charge in [0.2, 0.25) is 11.3 Å². The molecule has 1 aliphatic rings. The molecule has 1 fully saturated rings. The molecule has 2 aromatic rings. The summed E-state index contributed by atoms with van der Waals surface area (Å²) in [7, 11) is 0.